The van der Waals surface area contributed by atoms with Crippen LogP contribution >= 0.6 is 0 Å². The highest BCUT2D eigenvalue weighted by molar-refractivity contribution is 7.92. The van der Waals surface area contributed by atoms with Gasteiger partial charge in [-0.25, -0.2) is 17.6 Å². The Kier molecular flexibility index (Phi) is 4.29. The van der Waals surface area contributed by atoms with Crippen LogP contribution in [0.5, 0.6) is 0 Å². The van der Waals surface area contributed by atoms with E-state index in [2.05, 4.69) is 14.9 Å². The van der Waals surface area contributed by atoms with Crippen molar-refractivity contribution in [3.05, 3.63) is 95.3 Å². The zero-order valence-corrected chi connectivity index (χ0v) is 16.7. The molecular weight excluding hydrogens is 421 g/mol. The third-order valence-corrected chi connectivity index (χ3v) is 6.20. The summed E-state index contributed by atoms with van der Waals surface area (Å²) in [5.41, 5.74) is 1.08. The number of aromatic amines is 1. The van der Waals surface area contributed by atoms with E-state index in [1.165, 1.54) is 59.5 Å². The Bertz CT molecular complexity index is 1590. The first-order valence-electron chi connectivity index (χ1n) is 9.21. The number of H-pyrrole nitrogens is 1. The number of anilines is 1. The summed E-state index contributed by atoms with van der Waals surface area (Å²) >= 11 is 0. The second kappa shape index (κ2) is 7.03. The molecule has 2 aromatic carbocycles. The Balaban J connectivity index is 1.73. The monoisotopic (exact) mass is 436 g/mol. The Morgan fingerprint density at radius 3 is 2.52 bits per heavy atom. The minimum atomic E-state index is -3.92. The molecule has 8 nitrogen and oxygen atoms in total. The Hall–Kier alpha value is -4.05. The van der Waals surface area contributed by atoms with E-state index in [1.807, 2.05) is 0 Å². The molecule has 10 heteroatoms. The molecule has 5 rings (SSSR count). The van der Waals surface area contributed by atoms with Gasteiger partial charge < -0.3 is 0 Å². The van der Waals surface area contributed by atoms with Crippen LogP contribution in [0.2, 0.25) is 0 Å². The normalized spacial score (nSPS) is 11.8. The number of aromatic nitrogens is 4. The number of halogens is 1. The van der Waals surface area contributed by atoms with Gasteiger partial charge in [0, 0.05) is 23.8 Å². The fourth-order valence-corrected chi connectivity index (χ4v) is 4.42. The average molecular weight is 436 g/mol. The molecule has 0 saturated carbocycles. The van der Waals surface area contributed by atoms with Gasteiger partial charge in [0.25, 0.3) is 10.0 Å². The summed E-state index contributed by atoms with van der Waals surface area (Å²) in [7, 11) is -3.92. The lowest BCUT2D eigenvalue weighted by Gasteiger charge is -2.09. The van der Waals surface area contributed by atoms with Gasteiger partial charge in [0.15, 0.2) is 11.2 Å². The van der Waals surface area contributed by atoms with Crippen molar-refractivity contribution >= 4 is 32.1 Å². The first kappa shape index (κ1) is 18.9. The second-order valence-electron chi connectivity index (χ2n) is 6.81. The summed E-state index contributed by atoms with van der Waals surface area (Å²) in [6.07, 6.45) is 2.73. The summed E-state index contributed by atoms with van der Waals surface area (Å²) in [5, 5.41) is 3.56. The summed E-state index contributed by atoms with van der Waals surface area (Å²) < 4.78 is 44.4. The predicted molar refractivity (Wildman–Crippen MR) is 112 cm³/mol. The molecule has 0 unspecified atom stereocenters. The van der Waals surface area contributed by atoms with Crippen LogP contribution in [0.1, 0.15) is 0 Å². The van der Waals surface area contributed by atoms with Crippen molar-refractivity contribution in [3.63, 3.8) is 0 Å². The average Bonchev–Trinajstić information content (AvgIpc) is 3.11. The molecule has 0 aliphatic heterocycles. The molecule has 2 N–H and O–H groups in total. The van der Waals surface area contributed by atoms with E-state index in [0.717, 1.165) is 0 Å². The minimum Gasteiger partial charge on any atom is -0.279 e. The largest absolute Gasteiger partial charge is 0.406 e. The highest BCUT2D eigenvalue weighted by atomic mass is 32.2. The third-order valence-electron chi connectivity index (χ3n) is 4.85. The SMILES string of the molecule is O=c1c2cc(NS(=O)(=O)c3cccnc3)c3ccccc3[n+]2[nH]n1-c1ccc(F)cc1. The van der Waals surface area contributed by atoms with Gasteiger partial charge in [-0.05, 0) is 48.5 Å². The third kappa shape index (κ3) is 3.22. The van der Waals surface area contributed by atoms with Gasteiger partial charge in [-0.3, -0.25) is 9.71 Å². The number of hydrogen-bond donors (Lipinski definition) is 2. The number of nitrogens with zero attached hydrogens (tertiary/aromatic N) is 3. The highest BCUT2D eigenvalue weighted by Crippen LogP contribution is 2.24. The van der Waals surface area contributed by atoms with Crippen molar-refractivity contribution in [1.29, 1.82) is 0 Å². The first-order chi connectivity index (χ1) is 14.9. The van der Waals surface area contributed by atoms with E-state index in [9.17, 15) is 17.6 Å². The number of hydrogen-bond acceptors (Lipinski definition) is 4. The molecule has 0 fully saturated rings. The highest BCUT2D eigenvalue weighted by Gasteiger charge is 2.23. The Morgan fingerprint density at radius 2 is 1.77 bits per heavy atom. The lowest BCUT2D eigenvalue weighted by atomic mass is 10.2. The van der Waals surface area contributed by atoms with Gasteiger partial charge in [-0.15, -0.1) is 4.52 Å². The molecule has 0 atom stereocenters. The summed E-state index contributed by atoms with van der Waals surface area (Å²) in [6.45, 7) is 0. The van der Waals surface area contributed by atoms with E-state index >= 15 is 0 Å². The molecule has 0 radical (unpaired) electrons. The Morgan fingerprint density at radius 1 is 1.00 bits per heavy atom. The summed E-state index contributed by atoms with van der Waals surface area (Å²) in [6, 6.07) is 16.9. The van der Waals surface area contributed by atoms with E-state index in [4.69, 9.17) is 0 Å². The van der Waals surface area contributed by atoms with Gasteiger partial charge in [0.05, 0.1) is 5.69 Å². The van der Waals surface area contributed by atoms with E-state index in [-0.39, 0.29) is 16.1 Å². The molecular formula is C21H15FN5O3S+. The van der Waals surface area contributed by atoms with Crippen LogP contribution < -0.4 is 14.8 Å². The molecule has 0 saturated heterocycles. The van der Waals surface area contributed by atoms with Crippen molar-refractivity contribution in [2.24, 2.45) is 0 Å². The molecule has 0 bridgehead atoms. The number of fused-ring (bicyclic) bond motifs is 3. The lowest BCUT2D eigenvalue weighted by molar-refractivity contribution is -0.555. The van der Waals surface area contributed by atoms with Crippen LogP contribution in [-0.4, -0.2) is 23.3 Å². The fraction of sp³-hybridized carbons (Fsp3) is 0. The topological polar surface area (TPSA) is 101 Å². The van der Waals surface area contributed by atoms with Crippen LogP contribution in [0, 0.1) is 5.82 Å². The van der Waals surface area contributed by atoms with E-state index in [1.54, 1.807) is 28.8 Å². The molecule has 0 spiro atoms. The smallest absolute Gasteiger partial charge is 0.279 e. The van der Waals surface area contributed by atoms with Crippen LogP contribution in [0.4, 0.5) is 10.1 Å². The molecule has 3 aromatic heterocycles. The van der Waals surface area contributed by atoms with Crippen LogP contribution in [0.25, 0.3) is 22.1 Å². The number of rotatable bonds is 4. The second-order valence-corrected chi connectivity index (χ2v) is 8.49. The number of nitrogens with one attached hydrogen (secondary N) is 2. The lowest BCUT2D eigenvalue weighted by Crippen LogP contribution is -2.27. The first-order valence-corrected chi connectivity index (χ1v) is 10.7. The zero-order valence-electron chi connectivity index (χ0n) is 15.9. The molecule has 3 heterocycles. The van der Waals surface area contributed by atoms with Crippen molar-refractivity contribution in [3.8, 4) is 5.69 Å². The molecule has 0 aliphatic carbocycles. The van der Waals surface area contributed by atoms with Gasteiger partial charge in [0.2, 0.25) is 5.52 Å². The maximum atomic E-state index is 13.3. The number of sulfonamides is 1. The molecule has 0 amide bonds. The maximum Gasteiger partial charge on any atom is 0.406 e. The molecule has 31 heavy (non-hydrogen) atoms. The fourth-order valence-electron chi connectivity index (χ4n) is 3.39. The van der Waals surface area contributed by atoms with Crippen LogP contribution in [-0.2, 0) is 10.0 Å². The number of pyridine rings is 2. The van der Waals surface area contributed by atoms with Crippen molar-refractivity contribution in [2.45, 2.75) is 4.90 Å². The zero-order chi connectivity index (χ0) is 21.6. The van der Waals surface area contributed by atoms with Crippen molar-refractivity contribution in [1.82, 2.24) is 14.9 Å². The van der Waals surface area contributed by atoms with Gasteiger partial charge in [-0.2, -0.15) is 0 Å². The molecule has 5 aromatic rings. The Labute approximate surface area is 175 Å². The van der Waals surface area contributed by atoms with Crippen LogP contribution in [0.3, 0.4) is 0 Å². The minimum absolute atomic E-state index is 0.00428. The van der Waals surface area contributed by atoms with E-state index < -0.39 is 21.4 Å². The standard InChI is InChI=1S/C21H14FN5O3S/c22-14-7-9-15(10-8-14)26-21(28)20-12-18(17-5-1-2-6-19(17)27(20)25-26)24-31(29,30)16-4-3-11-23-13-16/h1-13,25H/p+1. The maximum absolute atomic E-state index is 13.3. The summed E-state index contributed by atoms with van der Waals surface area (Å²) in [4.78, 5) is 16.9. The number of benzene rings is 2. The molecule has 0 aliphatic rings. The molecule has 154 valence electrons. The van der Waals surface area contributed by atoms with Crippen molar-refractivity contribution < 1.29 is 17.3 Å². The summed E-state index contributed by atoms with van der Waals surface area (Å²) in [5.74, 6) is -0.418. The van der Waals surface area contributed by atoms with Crippen LogP contribution in [0.15, 0.2) is 88.8 Å². The van der Waals surface area contributed by atoms with E-state index in [0.29, 0.717) is 16.6 Å². The predicted octanol–water partition coefficient (Wildman–Crippen LogP) is 2.39. The van der Waals surface area contributed by atoms with Gasteiger partial charge >= 0.3 is 5.56 Å². The van der Waals surface area contributed by atoms with Gasteiger partial charge in [0.1, 0.15) is 10.7 Å². The quantitative estimate of drug-likeness (QED) is 0.423. The van der Waals surface area contributed by atoms with Gasteiger partial charge in [-0.1, -0.05) is 22.0 Å². The number of para-hydroxylation sites is 1. The van der Waals surface area contributed by atoms with Crippen molar-refractivity contribution in [2.75, 3.05) is 4.72 Å².